The van der Waals surface area contributed by atoms with Crippen LogP contribution in [0.25, 0.3) is 0 Å². The molecule has 1 N–H and O–H groups in total. The van der Waals surface area contributed by atoms with Gasteiger partial charge in [-0.15, -0.1) is 0 Å². The van der Waals surface area contributed by atoms with Crippen LogP contribution in [0.4, 0.5) is 0 Å². The quantitative estimate of drug-likeness (QED) is 0.904. The first-order valence-corrected chi connectivity index (χ1v) is 8.79. The number of ether oxygens (including phenoxy) is 2. The molecule has 3 rings (SSSR count). The van der Waals surface area contributed by atoms with Crippen LogP contribution in [-0.4, -0.2) is 56.6 Å². The minimum absolute atomic E-state index is 0.0200. The molecule has 4 heteroatoms. The van der Waals surface area contributed by atoms with E-state index in [0.717, 1.165) is 64.3 Å². The Labute approximate surface area is 139 Å². The number of aliphatic hydroxyl groups is 1. The highest BCUT2D eigenvalue weighted by Crippen LogP contribution is 2.32. The highest BCUT2D eigenvalue weighted by atomic mass is 16.5. The van der Waals surface area contributed by atoms with Crippen molar-refractivity contribution in [1.29, 1.82) is 0 Å². The highest BCUT2D eigenvalue weighted by Gasteiger charge is 2.33. The van der Waals surface area contributed by atoms with Crippen LogP contribution >= 0.6 is 0 Å². The van der Waals surface area contributed by atoms with Gasteiger partial charge in [0, 0.05) is 31.7 Å². The zero-order valence-electron chi connectivity index (χ0n) is 14.2. The molecule has 0 bridgehead atoms. The van der Waals surface area contributed by atoms with Gasteiger partial charge in [-0.2, -0.15) is 0 Å². The monoisotopic (exact) mass is 319 g/mol. The molecule has 0 amide bonds. The van der Waals surface area contributed by atoms with Crippen LogP contribution in [0, 0.1) is 11.3 Å². The van der Waals surface area contributed by atoms with E-state index in [-0.39, 0.29) is 12.0 Å². The van der Waals surface area contributed by atoms with Crippen molar-refractivity contribution in [2.24, 2.45) is 11.3 Å². The normalized spacial score (nSPS) is 23.9. The zero-order valence-corrected chi connectivity index (χ0v) is 14.2. The predicted molar refractivity (Wildman–Crippen MR) is 90.8 cm³/mol. The lowest BCUT2D eigenvalue weighted by Gasteiger charge is -2.39. The molecular formula is C19H29NO3. The van der Waals surface area contributed by atoms with Crippen molar-refractivity contribution in [3.63, 3.8) is 0 Å². The second kappa shape index (κ2) is 7.65. The van der Waals surface area contributed by atoms with E-state index in [1.807, 2.05) is 6.07 Å². The molecule has 0 saturated carbocycles. The fourth-order valence-corrected chi connectivity index (χ4v) is 3.97. The second-order valence-corrected chi connectivity index (χ2v) is 7.28. The van der Waals surface area contributed by atoms with E-state index in [4.69, 9.17) is 9.47 Å². The van der Waals surface area contributed by atoms with E-state index in [1.165, 1.54) is 5.56 Å². The Hall–Kier alpha value is -1.10. The summed E-state index contributed by atoms with van der Waals surface area (Å²) in [5.74, 6) is 1.66. The SMILES string of the molecule is CN(C[C@@H]1CCOc2ccccc2C1)CC1(CO)CCOCC1. The third-order valence-electron chi connectivity index (χ3n) is 5.33. The molecule has 0 spiro atoms. The van der Waals surface area contributed by atoms with Crippen molar-refractivity contribution < 1.29 is 14.6 Å². The molecule has 128 valence electrons. The molecule has 2 aliphatic rings. The van der Waals surface area contributed by atoms with Crippen LogP contribution in [-0.2, 0) is 11.2 Å². The summed E-state index contributed by atoms with van der Waals surface area (Å²) in [4.78, 5) is 2.40. The number of benzene rings is 1. The van der Waals surface area contributed by atoms with Gasteiger partial charge in [0.15, 0.2) is 0 Å². The summed E-state index contributed by atoms with van der Waals surface area (Å²) >= 11 is 0. The number of hydrogen-bond donors (Lipinski definition) is 1. The molecule has 1 fully saturated rings. The van der Waals surface area contributed by atoms with E-state index in [0.29, 0.717) is 5.92 Å². The van der Waals surface area contributed by atoms with Crippen molar-refractivity contribution in [2.45, 2.75) is 25.7 Å². The Morgan fingerprint density at radius 3 is 2.78 bits per heavy atom. The van der Waals surface area contributed by atoms with Crippen LogP contribution in [0.1, 0.15) is 24.8 Å². The molecule has 1 atom stereocenters. The summed E-state index contributed by atoms with van der Waals surface area (Å²) in [5, 5.41) is 9.87. The van der Waals surface area contributed by atoms with Gasteiger partial charge in [0.1, 0.15) is 5.75 Å². The number of nitrogens with zero attached hydrogens (tertiary/aromatic N) is 1. The minimum Gasteiger partial charge on any atom is -0.493 e. The molecule has 0 aliphatic carbocycles. The van der Waals surface area contributed by atoms with Gasteiger partial charge in [-0.3, -0.25) is 0 Å². The fourth-order valence-electron chi connectivity index (χ4n) is 3.97. The minimum atomic E-state index is 0.0200. The molecule has 2 aliphatic heterocycles. The van der Waals surface area contributed by atoms with E-state index in [1.54, 1.807) is 0 Å². The molecule has 1 aromatic rings. The number of rotatable bonds is 5. The van der Waals surface area contributed by atoms with Crippen LogP contribution in [0.2, 0.25) is 0 Å². The predicted octanol–water partition coefficient (Wildman–Crippen LogP) is 2.35. The molecule has 0 aromatic heterocycles. The summed E-state index contributed by atoms with van der Waals surface area (Å²) in [5.41, 5.74) is 1.35. The van der Waals surface area contributed by atoms with Gasteiger partial charge in [0.25, 0.3) is 0 Å². The summed E-state index contributed by atoms with van der Waals surface area (Å²) in [7, 11) is 2.19. The number of fused-ring (bicyclic) bond motifs is 1. The average Bonchev–Trinajstić information content (AvgIpc) is 2.77. The summed E-state index contributed by atoms with van der Waals surface area (Å²) in [6.45, 7) is 4.62. The maximum Gasteiger partial charge on any atom is 0.122 e. The Morgan fingerprint density at radius 2 is 2.00 bits per heavy atom. The second-order valence-electron chi connectivity index (χ2n) is 7.28. The van der Waals surface area contributed by atoms with Gasteiger partial charge in [0.2, 0.25) is 0 Å². The summed E-state index contributed by atoms with van der Waals surface area (Å²) in [6.07, 6.45) is 4.10. The maximum absolute atomic E-state index is 9.87. The Bertz CT molecular complexity index is 499. The Morgan fingerprint density at radius 1 is 1.22 bits per heavy atom. The van der Waals surface area contributed by atoms with Crippen LogP contribution < -0.4 is 4.74 Å². The maximum atomic E-state index is 9.87. The third kappa shape index (κ3) is 4.25. The smallest absolute Gasteiger partial charge is 0.122 e. The topological polar surface area (TPSA) is 41.9 Å². The van der Waals surface area contributed by atoms with E-state index < -0.39 is 0 Å². The zero-order chi connectivity index (χ0) is 16.1. The van der Waals surface area contributed by atoms with Gasteiger partial charge in [0.05, 0.1) is 13.2 Å². The van der Waals surface area contributed by atoms with Crippen molar-refractivity contribution in [2.75, 3.05) is 46.6 Å². The molecule has 4 nitrogen and oxygen atoms in total. The summed E-state index contributed by atoms with van der Waals surface area (Å²) in [6, 6.07) is 8.39. The molecule has 0 radical (unpaired) electrons. The molecular weight excluding hydrogens is 290 g/mol. The lowest BCUT2D eigenvalue weighted by molar-refractivity contribution is -0.0325. The van der Waals surface area contributed by atoms with Gasteiger partial charge in [-0.25, -0.2) is 0 Å². The van der Waals surface area contributed by atoms with Crippen molar-refractivity contribution in [3.8, 4) is 5.75 Å². The van der Waals surface area contributed by atoms with Crippen molar-refractivity contribution in [3.05, 3.63) is 29.8 Å². The van der Waals surface area contributed by atoms with Crippen LogP contribution in [0.5, 0.6) is 5.75 Å². The first-order valence-electron chi connectivity index (χ1n) is 8.79. The van der Waals surface area contributed by atoms with Gasteiger partial charge < -0.3 is 19.5 Å². The lowest BCUT2D eigenvalue weighted by Crippen LogP contribution is -2.44. The molecule has 1 aromatic carbocycles. The lowest BCUT2D eigenvalue weighted by atomic mass is 9.80. The highest BCUT2D eigenvalue weighted by molar-refractivity contribution is 5.34. The average molecular weight is 319 g/mol. The van der Waals surface area contributed by atoms with Crippen LogP contribution in [0.15, 0.2) is 24.3 Å². The Kier molecular flexibility index (Phi) is 5.57. The van der Waals surface area contributed by atoms with E-state index >= 15 is 0 Å². The van der Waals surface area contributed by atoms with Crippen LogP contribution in [0.3, 0.4) is 0 Å². The van der Waals surface area contributed by atoms with Gasteiger partial charge in [-0.1, -0.05) is 18.2 Å². The molecule has 2 heterocycles. The summed E-state index contributed by atoms with van der Waals surface area (Å²) < 4.78 is 11.3. The van der Waals surface area contributed by atoms with E-state index in [9.17, 15) is 5.11 Å². The number of aliphatic hydroxyl groups excluding tert-OH is 1. The molecule has 0 unspecified atom stereocenters. The van der Waals surface area contributed by atoms with E-state index in [2.05, 4.69) is 30.1 Å². The standard InChI is InChI=1S/C19H29NO3/c1-20(14-19(15-21)7-10-22-11-8-19)13-16-6-9-23-18-5-3-2-4-17(18)12-16/h2-5,16,21H,6-15H2,1H3/t16-/m1/s1. The number of para-hydroxylation sites is 1. The fraction of sp³-hybridized carbons (Fsp3) is 0.684. The van der Waals surface area contributed by atoms with Gasteiger partial charge >= 0.3 is 0 Å². The Balaban J connectivity index is 1.58. The van der Waals surface area contributed by atoms with Crippen molar-refractivity contribution >= 4 is 0 Å². The number of hydrogen-bond acceptors (Lipinski definition) is 4. The van der Waals surface area contributed by atoms with Crippen molar-refractivity contribution in [1.82, 2.24) is 4.90 Å². The van der Waals surface area contributed by atoms with Gasteiger partial charge in [-0.05, 0) is 50.3 Å². The molecule has 1 saturated heterocycles. The largest absolute Gasteiger partial charge is 0.493 e. The first-order chi connectivity index (χ1) is 11.2. The third-order valence-corrected chi connectivity index (χ3v) is 5.33. The first kappa shape index (κ1) is 16.7. The molecule has 23 heavy (non-hydrogen) atoms.